The van der Waals surface area contributed by atoms with Gasteiger partial charge in [-0.25, -0.2) is 0 Å². The van der Waals surface area contributed by atoms with Crippen LogP contribution in [0.1, 0.15) is 32.6 Å². The van der Waals surface area contributed by atoms with Gasteiger partial charge in [0.15, 0.2) is 0 Å². The quantitative estimate of drug-likeness (QED) is 0.634. The van der Waals surface area contributed by atoms with E-state index >= 15 is 0 Å². The molecule has 1 heterocycles. The fourth-order valence-corrected chi connectivity index (χ4v) is 2.31. The van der Waals surface area contributed by atoms with Crippen LogP contribution in [0.4, 0.5) is 0 Å². The minimum absolute atomic E-state index is 0.0654. The number of nitrogens with two attached hydrogens (primary N) is 1. The van der Waals surface area contributed by atoms with Crippen molar-refractivity contribution < 1.29 is 9.53 Å². The van der Waals surface area contributed by atoms with Gasteiger partial charge in [-0.05, 0) is 51.2 Å². The summed E-state index contributed by atoms with van der Waals surface area (Å²) >= 11 is 0. The fraction of sp³-hybridized carbons (Fsp3) is 0.929. The number of carbonyl (C=O) groups excluding carboxylic acids is 1. The van der Waals surface area contributed by atoms with Gasteiger partial charge in [0.05, 0.1) is 6.04 Å². The molecule has 3 N–H and O–H groups in total. The highest BCUT2D eigenvalue weighted by Gasteiger charge is 2.15. The number of nitrogens with one attached hydrogen (secondary N) is 1. The number of ether oxygens (including phenoxy) is 1. The van der Waals surface area contributed by atoms with Crippen molar-refractivity contribution in [3.8, 4) is 0 Å². The third-order valence-electron chi connectivity index (χ3n) is 3.80. The van der Waals surface area contributed by atoms with Crippen molar-refractivity contribution in [2.45, 2.75) is 38.6 Å². The second kappa shape index (κ2) is 9.28. The van der Waals surface area contributed by atoms with E-state index in [1.165, 1.54) is 25.9 Å². The molecule has 1 rings (SSSR count). The minimum Gasteiger partial charge on any atom is -0.385 e. The molecule has 1 aliphatic heterocycles. The molecule has 0 aliphatic carbocycles. The van der Waals surface area contributed by atoms with E-state index in [1.807, 2.05) is 0 Å². The van der Waals surface area contributed by atoms with Crippen LogP contribution in [-0.2, 0) is 9.53 Å². The van der Waals surface area contributed by atoms with Crippen molar-refractivity contribution in [1.29, 1.82) is 0 Å². The predicted octanol–water partition coefficient (Wildman–Crippen LogP) is 0.588. The molecule has 112 valence electrons. The van der Waals surface area contributed by atoms with Crippen molar-refractivity contribution in [2.75, 3.05) is 39.9 Å². The Morgan fingerprint density at radius 2 is 2.16 bits per heavy atom. The molecule has 1 atom stereocenters. The van der Waals surface area contributed by atoms with Gasteiger partial charge in [-0.15, -0.1) is 0 Å². The van der Waals surface area contributed by atoms with Crippen LogP contribution in [0.25, 0.3) is 0 Å². The van der Waals surface area contributed by atoms with Crippen LogP contribution in [0.5, 0.6) is 0 Å². The third kappa shape index (κ3) is 6.89. The lowest BCUT2D eigenvalue weighted by molar-refractivity contribution is -0.122. The minimum atomic E-state index is -0.448. The monoisotopic (exact) mass is 271 g/mol. The van der Waals surface area contributed by atoms with Crippen molar-refractivity contribution in [2.24, 2.45) is 11.7 Å². The van der Waals surface area contributed by atoms with Crippen LogP contribution in [0.3, 0.4) is 0 Å². The molecule has 5 heteroatoms. The Morgan fingerprint density at radius 3 is 2.79 bits per heavy atom. The highest BCUT2D eigenvalue weighted by Crippen LogP contribution is 2.15. The van der Waals surface area contributed by atoms with E-state index in [2.05, 4.69) is 17.1 Å². The zero-order valence-electron chi connectivity index (χ0n) is 12.4. The Kier molecular flexibility index (Phi) is 8.02. The normalized spacial score (nSPS) is 19.3. The first-order valence-electron chi connectivity index (χ1n) is 7.38. The van der Waals surface area contributed by atoms with Gasteiger partial charge >= 0.3 is 0 Å². The maximum atomic E-state index is 11.6. The molecule has 1 amide bonds. The highest BCUT2D eigenvalue weighted by atomic mass is 16.5. The summed E-state index contributed by atoms with van der Waals surface area (Å²) in [4.78, 5) is 14.1. The smallest absolute Gasteiger partial charge is 0.237 e. The van der Waals surface area contributed by atoms with Crippen molar-refractivity contribution in [1.82, 2.24) is 10.2 Å². The number of rotatable bonds is 8. The molecular formula is C14H29N3O2. The summed E-state index contributed by atoms with van der Waals surface area (Å²) < 4.78 is 4.91. The van der Waals surface area contributed by atoms with Gasteiger partial charge < -0.3 is 20.7 Å². The SMILES string of the molecule is COCCC(N)C(=O)NCCCN1CCC(C)CC1. The number of methoxy groups -OCH3 is 1. The number of hydrogen-bond donors (Lipinski definition) is 2. The van der Waals surface area contributed by atoms with Crippen molar-refractivity contribution >= 4 is 5.91 Å². The van der Waals surface area contributed by atoms with Crippen LogP contribution in [0, 0.1) is 5.92 Å². The van der Waals surface area contributed by atoms with Crippen LogP contribution in [-0.4, -0.2) is 56.7 Å². The molecule has 1 unspecified atom stereocenters. The molecule has 19 heavy (non-hydrogen) atoms. The lowest BCUT2D eigenvalue weighted by atomic mass is 9.99. The largest absolute Gasteiger partial charge is 0.385 e. The molecule has 1 aliphatic rings. The summed E-state index contributed by atoms with van der Waals surface area (Å²) in [5.74, 6) is 0.805. The Hall–Kier alpha value is -0.650. The van der Waals surface area contributed by atoms with Crippen LogP contribution >= 0.6 is 0 Å². The molecular weight excluding hydrogens is 242 g/mol. The average molecular weight is 271 g/mol. The molecule has 0 saturated carbocycles. The molecule has 1 saturated heterocycles. The summed E-state index contributed by atoms with van der Waals surface area (Å²) in [7, 11) is 1.62. The Bertz CT molecular complexity index is 253. The molecule has 0 aromatic heterocycles. The average Bonchev–Trinajstić information content (AvgIpc) is 2.42. The van der Waals surface area contributed by atoms with Gasteiger partial charge in [0, 0.05) is 20.3 Å². The van der Waals surface area contributed by atoms with E-state index in [9.17, 15) is 4.79 Å². The summed E-state index contributed by atoms with van der Waals surface area (Å²) in [5.41, 5.74) is 5.74. The van der Waals surface area contributed by atoms with Crippen LogP contribution in [0.15, 0.2) is 0 Å². The number of hydrogen-bond acceptors (Lipinski definition) is 4. The first-order chi connectivity index (χ1) is 9.13. The number of piperidine rings is 1. The van der Waals surface area contributed by atoms with Gasteiger partial charge in [0.2, 0.25) is 5.91 Å². The second-order valence-electron chi connectivity index (χ2n) is 5.56. The maximum absolute atomic E-state index is 11.6. The molecule has 0 aromatic carbocycles. The van der Waals surface area contributed by atoms with E-state index in [4.69, 9.17) is 10.5 Å². The van der Waals surface area contributed by atoms with Gasteiger partial charge in [0.25, 0.3) is 0 Å². The first kappa shape index (κ1) is 16.4. The zero-order valence-corrected chi connectivity index (χ0v) is 12.4. The summed E-state index contributed by atoms with van der Waals surface area (Å²) in [6.07, 6.45) is 4.17. The zero-order chi connectivity index (χ0) is 14.1. The third-order valence-corrected chi connectivity index (χ3v) is 3.80. The summed E-state index contributed by atoms with van der Waals surface area (Å²) in [5, 5.41) is 2.89. The predicted molar refractivity (Wildman–Crippen MR) is 76.9 cm³/mol. The molecule has 0 bridgehead atoms. The van der Waals surface area contributed by atoms with E-state index in [-0.39, 0.29) is 5.91 Å². The maximum Gasteiger partial charge on any atom is 0.237 e. The molecule has 5 nitrogen and oxygen atoms in total. The summed E-state index contributed by atoms with van der Waals surface area (Å²) in [6, 6.07) is -0.448. The van der Waals surface area contributed by atoms with E-state index in [1.54, 1.807) is 7.11 Å². The topological polar surface area (TPSA) is 67.6 Å². The molecule has 1 fully saturated rings. The molecule has 0 spiro atoms. The van der Waals surface area contributed by atoms with Gasteiger partial charge in [-0.1, -0.05) is 6.92 Å². The molecule has 0 aromatic rings. The lowest BCUT2D eigenvalue weighted by Crippen LogP contribution is -2.42. The number of likely N-dealkylation sites (tertiary alicyclic amines) is 1. The Balaban J connectivity index is 2.02. The fourth-order valence-electron chi connectivity index (χ4n) is 2.31. The van der Waals surface area contributed by atoms with Crippen LogP contribution < -0.4 is 11.1 Å². The number of carbonyl (C=O) groups is 1. The Morgan fingerprint density at radius 1 is 1.47 bits per heavy atom. The van der Waals surface area contributed by atoms with Gasteiger partial charge in [-0.3, -0.25) is 4.79 Å². The molecule has 0 radical (unpaired) electrons. The number of amides is 1. The van der Waals surface area contributed by atoms with E-state index in [0.717, 1.165) is 18.9 Å². The summed E-state index contributed by atoms with van der Waals surface area (Å²) in [6.45, 7) is 7.02. The van der Waals surface area contributed by atoms with E-state index < -0.39 is 6.04 Å². The highest BCUT2D eigenvalue weighted by molar-refractivity contribution is 5.81. The van der Waals surface area contributed by atoms with Crippen LogP contribution in [0.2, 0.25) is 0 Å². The van der Waals surface area contributed by atoms with Gasteiger partial charge in [-0.2, -0.15) is 0 Å². The number of nitrogens with zero attached hydrogens (tertiary/aromatic N) is 1. The van der Waals surface area contributed by atoms with Crippen molar-refractivity contribution in [3.63, 3.8) is 0 Å². The Labute approximate surface area is 116 Å². The van der Waals surface area contributed by atoms with Crippen molar-refractivity contribution in [3.05, 3.63) is 0 Å². The lowest BCUT2D eigenvalue weighted by Gasteiger charge is -2.30. The first-order valence-corrected chi connectivity index (χ1v) is 7.38. The standard InChI is InChI=1S/C14H29N3O2/c1-12-4-9-17(10-5-12)8-3-7-16-14(18)13(15)6-11-19-2/h12-13H,3-11,15H2,1-2H3,(H,16,18). The van der Waals surface area contributed by atoms with Gasteiger partial charge in [0.1, 0.15) is 0 Å². The van der Waals surface area contributed by atoms with E-state index in [0.29, 0.717) is 19.6 Å². The second-order valence-corrected chi connectivity index (χ2v) is 5.56.